The number of rotatable bonds is 6. The van der Waals surface area contributed by atoms with Crippen LogP contribution in [0.3, 0.4) is 0 Å². The molecule has 58 heavy (non-hydrogen) atoms. The van der Waals surface area contributed by atoms with E-state index in [1.807, 2.05) is 17.4 Å². The van der Waals surface area contributed by atoms with E-state index in [-0.39, 0.29) is 0 Å². The van der Waals surface area contributed by atoms with E-state index < -0.39 is 0 Å². The molecule has 12 aromatic rings. The molecular weight excluding hydrogens is 745 g/mol. The summed E-state index contributed by atoms with van der Waals surface area (Å²) in [6.45, 7) is 0. The number of benzene rings is 9. The van der Waals surface area contributed by atoms with Crippen molar-refractivity contribution in [3.63, 3.8) is 0 Å². The first-order valence-corrected chi connectivity index (χ1v) is 21.1. The van der Waals surface area contributed by atoms with Crippen molar-refractivity contribution in [3.8, 4) is 32.8 Å². The maximum atomic E-state index is 6.51. The molecule has 0 N–H and O–H groups in total. The summed E-state index contributed by atoms with van der Waals surface area (Å²) in [5.74, 6) is 0. The molecule has 3 nitrogen and oxygen atoms in total. The van der Waals surface area contributed by atoms with E-state index in [0.717, 1.165) is 70.9 Å². The first-order valence-electron chi connectivity index (χ1n) is 19.4. The van der Waals surface area contributed by atoms with Gasteiger partial charge in [0, 0.05) is 53.6 Å². The van der Waals surface area contributed by atoms with Crippen molar-refractivity contribution in [1.82, 2.24) is 4.98 Å². The lowest BCUT2D eigenvalue weighted by atomic mass is 9.98. The van der Waals surface area contributed by atoms with Crippen LogP contribution in [0.1, 0.15) is 0 Å². The Morgan fingerprint density at radius 2 is 1.09 bits per heavy atom. The number of thiazole rings is 1. The average molecular weight is 777 g/mol. The van der Waals surface area contributed by atoms with Crippen molar-refractivity contribution in [2.75, 3.05) is 4.90 Å². The zero-order chi connectivity index (χ0) is 38.2. The van der Waals surface area contributed by atoms with Gasteiger partial charge in [-0.1, -0.05) is 127 Å². The molecule has 5 heteroatoms. The molecule has 272 valence electrons. The Bertz CT molecular complexity index is 3500. The molecule has 0 aliphatic heterocycles. The number of nitrogens with zero attached hydrogens (tertiary/aromatic N) is 2. The van der Waals surface area contributed by atoms with Gasteiger partial charge in [-0.3, -0.25) is 0 Å². The maximum absolute atomic E-state index is 6.51. The average Bonchev–Trinajstić information content (AvgIpc) is 4.00. The van der Waals surface area contributed by atoms with Gasteiger partial charge < -0.3 is 9.32 Å². The number of anilines is 3. The smallest absolute Gasteiger partial charge is 0.137 e. The van der Waals surface area contributed by atoms with Gasteiger partial charge in [-0.15, -0.1) is 22.7 Å². The van der Waals surface area contributed by atoms with E-state index in [2.05, 4.69) is 193 Å². The lowest BCUT2D eigenvalue weighted by molar-refractivity contribution is 0.669. The third kappa shape index (κ3) is 5.43. The second-order valence-electron chi connectivity index (χ2n) is 14.7. The van der Waals surface area contributed by atoms with Gasteiger partial charge in [-0.2, -0.15) is 0 Å². The Kier molecular flexibility index (Phi) is 7.58. The van der Waals surface area contributed by atoms with Crippen LogP contribution in [0.25, 0.3) is 95.9 Å². The summed E-state index contributed by atoms with van der Waals surface area (Å²) in [5, 5.41) is 8.36. The molecule has 0 saturated carbocycles. The molecule has 0 amide bonds. The number of hydrogen-bond acceptors (Lipinski definition) is 5. The predicted molar refractivity (Wildman–Crippen MR) is 248 cm³/mol. The van der Waals surface area contributed by atoms with Crippen molar-refractivity contribution in [3.05, 3.63) is 194 Å². The molecule has 3 aromatic heterocycles. The second kappa shape index (κ2) is 13.3. The third-order valence-corrected chi connectivity index (χ3v) is 13.6. The molecule has 0 aliphatic rings. The highest BCUT2D eigenvalue weighted by Crippen LogP contribution is 2.44. The highest BCUT2D eigenvalue weighted by Gasteiger charge is 2.18. The molecule has 3 heterocycles. The Labute approximate surface area is 342 Å². The van der Waals surface area contributed by atoms with Gasteiger partial charge in [0.15, 0.2) is 0 Å². The van der Waals surface area contributed by atoms with E-state index in [0.29, 0.717) is 0 Å². The van der Waals surface area contributed by atoms with Gasteiger partial charge in [-0.25, -0.2) is 4.98 Å². The Morgan fingerprint density at radius 1 is 0.414 bits per heavy atom. The summed E-state index contributed by atoms with van der Waals surface area (Å²) in [5.41, 5.74) is 11.9. The van der Waals surface area contributed by atoms with Gasteiger partial charge in [0.1, 0.15) is 16.2 Å². The Hall–Kier alpha value is -7.05. The van der Waals surface area contributed by atoms with E-state index in [9.17, 15) is 0 Å². The van der Waals surface area contributed by atoms with Crippen LogP contribution in [-0.2, 0) is 0 Å². The molecule has 0 spiro atoms. The number of thiophene rings is 1. The normalized spacial score (nSPS) is 11.8. The molecule has 0 bridgehead atoms. The van der Waals surface area contributed by atoms with Crippen LogP contribution in [0.2, 0.25) is 0 Å². The first kappa shape index (κ1) is 33.1. The highest BCUT2D eigenvalue weighted by molar-refractivity contribution is 7.25. The summed E-state index contributed by atoms with van der Waals surface area (Å²) in [6, 6.07) is 69.7. The van der Waals surface area contributed by atoms with Gasteiger partial charge in [0.25, 0.3) is 0 Å². The standard InChI is InChI=1S/C53H32N2OS2/c1-2-10-36(11-3-1)53-54-46-29-30-47-51(52(46)58-53)45-27-21-37(31-48(45)56-47)33-17-22-38(23-18-33)55(40-26-28-44-43-14-6-7-16-49(43)57-50(44)32-40)39-24-19-35(20-25-39)42-15-8-12-34-9-4-5-13-41(34)42/h1-32H. The minimum absolute atomic E-state index is 0.878. The van der Waals surface area contributed by atoms with Gasteiger partial charge in [0.05, 0.1) is 10.2 Å². The quantitative estimate of drug-likeness (QED) is 0.168. The Morgan fingerprint density at radius 3 is 1.93 bits per heavy atom. The fraction of sp³-hybridized carbons (Fsp3) is 0. The first-order chi connectivity index (χ1) is 28.7. The fourth-order valence-corrected chi connectivity index (χ4v) is 10.8. The summed E-state index contributed by atoms with van der Waals surface area (Å²) in [6.07, 6.45) is 0. The summed E-state index contributed by atoms with van der Waals surface area (Å²) >= 11 is 3.58. The van der Waals surface area contributed by atoms with Gasteiger partial charge in [0.2, 0.25) is 0 Å². The second-order valence-corrected chi connectivity index (χ2v) is 16.8. The lowest BCUT2D eigenvalue weighted by Crippen LogP contribution is -2.09. The fourth-order valence-electron chi connectivity index (χ4n) is 8.50. The summed E-state index contributed by atoms with van der Waals surface area (Å²) in [7, 11) is 0. The topological polar surface area (TPSA) is 29.3 Å². The van der Waals surface area contributed by atoms with Crippen LogP contribution in [-0.4, -0.2) is 4.98 Å². The Balaban J connectivity index is 0.932. The van der Waals surface area contributed by atoms with Crippen molar-refractivity contribution in [2.45, 2.75) is 0 Å². The van der Waals surface area contributed by atoms with Crippen molar-refractivity contribution in [1.29, 1.82) is 0 Å². The summed E-state index contributed by atoms with van der Waals surface area (Å²) in [4.78, 5) is 7.35. The molecule has 0 fully saturated rings. The van der Waals surface area contributed by atoms with Crippen LogP contribution in [0.4, 0.5) is 17.1 Å². The van der Waals surface area contributed by atoms with E-state index >= 15 is 0 Å². The number of fused-ring (bicyclic) bond motifs is 9. The van der Waals surface area contributed by atoms with Crippen molar-refractivity contribution < 1.29 is 4.42 Å². The molecule has 0 atom stereocenters. The van der Waals surface area contributed by atoms with Crippen molar-refractivity contribution >= 4 is 103 Å². The van der Waals surface area contributed by atoms with Crippen LogP contribution >= 0.6 is 22.7 Å². The zero-order valence-corrected chi connectivity index (χ0v) is 32.7. The molecule has 0 saturated heterocycles. The van der Waals surface area contributed by atoms with Gasteiger partial charge >= 0.3 is 0 Å². The predicted octanol–water partition coefficient (Wildman–Crippen LogP) is 16.2. The zero-order valence-electron chi connectivity index (χ0n) is 31.1. The lowest BCUT2D eigenvalue weighted by Gasteiger charge is -2.26. The molecular formula is C53H32N2OS2. The molecule has 12 rings (SSSR count). The molecule has 0 aliphatic carbocycles. The van der Waals surface area contributed by atoms with Crippen LogP contribution < -0.4 is 4.90 Å². The number of aromatic nitrogens is 1. The highest BCUT2D eigenvalue weighted by atomic mass is 32.1. The minimum Gasteiger partial charge on any atom is -0.456 e. The monoisotopic (exact) mass is 776 g/mol. The van der Waals surface area contributed by atoms with E-state index in [4.69, 9.17) is 9.40 Å². The molecule has 0 unspecified atom stereocenters. The van der Waals surface area contributed by atoms with Crippen LogP contribution in [0.5, 0.6) is 0 Å². The van der Waals surface area contributed by atoms with Crippen LogP contribution in [0, 0.1) is 0 Å². The SMILES string of the molecule is c1ccc(-c2nc3ccc4oc5cc(-c6ccc(N(c7ccc(-c8cccc9ccccc89)cc7)c7ccc8c(c7)sc7ccccc78)cc6)ccc5c4c3s2)cc1. The third-order valence-electron chi connectivity index (χ3n) is 11.3. The minimum atomic E-state index is 0.878. The van der Waals surface area contributed by atoms with Crippen LogP contribution in [0.15, 0.2) is 199 Å². The van der Waals surface area contributed by atoms with E-state index in [1.165, 1.54) is 42.1 Å². The maximum Gasteiger partial charge on any atom is 0.137 e. The van der Waals surface area contributed by atoms with E-state index in [1.54, 1.807) is 11.3 Å². The number of hydrogen-bond donors (Lipinski definition) is 0. The summed E-state index contributed by atoms with van der Waals surface area (Å²) < 4.78 is 10.2. The van der Waals surface area contributed by atoms with Crippen molar-refractivity contribution in [2.24, 2.45) is 0 Å². The molecule has 9 aromatic carbocycles. The largest absolute Gasteiger partial charge is 0.456 e. The molecule has 0 radical (unpaired) electrons. The number of furan rings is 1. The van der Waals surface area contributed by atoms with Gasteiger partial charge in [-0.05, 0) is 99.8 Å².